The average molecular weight is 343 g/mol. The zero-order valence-corrected chi connectivity index (χ0v) is 14.9. The fraction of sp³-hybridized carbons (Fsp3) is 0.316. The Morgan fingerprint density at radius 2 is 1.88 bits per heavy atom. The molecule has 0 unspecified atom stereocenters. The van der Waals surface area contributed by atoms with E-state index in [1.54, 1.807) is 12.1 Å². The summed E-state index contributed by atoms with van der Waals surface area (Å²) in [5.74, 6) is 0.159. The summed E-state index contributed by atoms with van der Waals surface area (Å²) < 4.78 is 23.4. The predicted molar refractivity (Wildman–Crippen MR) is 94.9 cm³/mol. The molecule has 0 bridgehead atoms. The first kappa shape index (κ1) is 16.7. The van der Waals surface area contributed by atoms with Gasteiger partial charge in [0.15, 0.2) is 9.84 Å². The molecule has 2 aromatic carbocycles. The zero-order valence-electron chi connectivity index (χ0n) is 14.0. The summed E-state index contributed by atoms with van der Waals surface area (Å²) in [4.78, 5) is 12.7. The Balaban J connectivity index is 1.75. The second-order valence-corrected chi connectivity index (χ2v) is 8.62. The number of anilines is 1. The molecule has 4 nitrogen and oxygen atoms in total. The van der Waals surface area contributed by atoms with E-state index in [0.29, 0.717) is 5.69 Å². The van der Waals surface area contributed by atoms with Gasteiger partial charge in [0, 0.05) is 17.9 Å². The van der Waals surface area contributed by atoms with Crippen LogP contribution in [0.2, 0.25) is 0 Å². The van der Waals surface area contributed by atoms with Gasteiger partial charge in [-0.1, -0.05) is 35.9 Å². The number of carbonyl (C=O) groups excluding carboxylic acids is 1. The van der Waals surface area contributed by atoms with Crippen LogP contribution in [0, 0.1) is 19.8 Å². The fourth-order valence-corrected chi connectivity index (χ4v) is 3.59. The Morgan fingerprint density at radius 3 is 2.54 bits per heavy atom. The van der Waals surface area contributed by atoms with Gasteiger partial charge in [0.05, 0.1) is 4.90 Å². The van der Waals surface area contributed by atoms with Crippen LogP contribution in [0.5, 0.6) is 0 Å². The van der Waals surface area contributed by atoms with Gasteiger partial charge in [0.1, 0.15) is 0 Å². The minimum absolute atomic E-state index is 0.0461. The van der Waals surface area contributed by atoms with Gasteiger partial charge in [-0.05, 0) is 49.4 Å². The highest BCUT2D eigenvalue weighted by Gasteiger charge is 2.44. The van der Waals surface area contributed by atoms with Gasteiger partial charge >= 0.3 is 0 Å². The van der Waals surface area contributed by atoms with E-state index < -0.39 is 9.84 Å². The molecule has 0 aliphatic heterocycles. The van der Waals surface area contributed by atoms with Gasteiger partial charge in [-0.15, -0.1) is 0 Å². The molecule has 1 aliphatic carbocycles. The minimum Gasteiger partial charge on any atom is -0.326 e. The normalized spacial score (nSPS) is 19.8. The molecule has 1 N–H and O–H groups in total. The highest BCUT2D eigenvalue weighted by atomic mass is 32.2. The van der Waals surface area contributed by atoms with Crippen LogP contribution < -0.4 is 5.32 Å². The van der Waals surface area contributed by atoms with Crippen LogP contribution in [0.1, 0.15) is 29.0 Å². The lowest BCUT2D eigenvalue weighted by Crippen LogP contribution is -2.16. The third-order valence-electron chi connectivity index (χ3n) is 4.49. The number of nitrogens with one attached hydrogen (secondary N) is 1. The Hall–Kier alpha value is -2.14. The third-order valence-corrected chi connectivity index (χ3v) is 5.60. The summed E-state index contributed by atoms with van der Waals surface area (Å²) in [6, 6.07) is 13.0. The van der Waals surface area contributed by atoms with E-state index in [1.807, 2.05) is 26.0 Å². The largest absolute Gasteiger partial charge is 0.326 e. The Bertz CT molecular complexity index is 903. The second kappa shape index (κ2) is 6.06. The van der Waals surface area contributed by atoms with Gasteiger partial charge in [-0.3, -0.25) is 4.79 Å². The molecule has 0 saturated heterocycles. The molecule has 1 amide bonds. The number of hydrogen-bond donors (Lipinski definition) is 1. The lowest BCUT2D eigenvalue weighted by Gasteiger charge is -2.10. The molecule has 0 aromatic heterocycles. The summed E-state index contributed by atoms with van der Waals surface area (Å²) in [5, 5.41) is 2.90. The number of rotatable bonds is 4. The van der Waals surface area contributed by atoms with Crippen molar-refractivity contribution >= 4 is 21.4 Å². The number of amides is 1. The summed E-state index contributed by atoms with van der Waals surface area (Å²) in [5.41, 5.74) is 3.80. The van der Waals surface area contributed by atoms with E-state index in [-0.39, 0.29) is 22.6 Å². The summed E-state index contributed by atoms with van der Waals surface area (Å²) >= 11 is 0. The summed E-state index contributed by atoms with van der Waals surface area (Å²) in [6.07, 6.45) is 2.00. The monoisotopic (exact) mass is 343 g/mol. The molecule has 2 atom stereocenters. The summed E-state index contributed by atoms with van der Waals surface area (Å²) in [7, 11) is -3.29. The number of hydrogen-bond acceptors (Lipinski definition) is 3. The summed E-state index contributed by atoms with van der Waals surface area (Å²) in [6.45, 7) is 3.90. The molecule has 0 spiro atoms. The first-order valence-corrected chi connectivity index (χ1v) is 9.83. The third kappa shape index (κ3) is 3.51. The molecule has 1 saturated carbocycles. The lowest BCUT2D eigenvalue weighted by molar-refractivity contribution is -0.117. The maximum absolute atomic E-state index is 12.5. The molecule has 5 heteroatoms. The molecule has 3 rings (SSSR count). The zero-order chi connectivity index (χ0) is 17.5. The van der Waals surface area contributed by atoms with Crippen LogP contribution >= 0.6 is 0 Å². The van der Waals surface area contributed by atoms with Crippen LogP contribution in [0.15, 0.2) is 47.4 Å². The lowest BCUT2D eigenvalue weighted by atomic mass is 10.1. The molecular weight excluding hydrogens is 322 g/mol. The van der Waals surface area contributed by atoms with Crippen molar-refractivity contribution in [2.24, 2.45) is 5.92 Å². The number of aryl methyl sites for hydroxylation is 2. The van der Waals surface area contributed by atoms with Crippen LogP contribution in [0.4, 0.5) is 5.69 Å². The first-order chi connectivity index (χ1) is 11.3. The van der Waals surface area contributed by atoms with Crippen molar-refractivity contribution in [1.82, 2.24) is 0 Å². The molecule has 0 radical (unpaired) electrons. The maximum Gasteiger partial charge on any atom is 0.228 e. The molecular formula is C19H21NO3S. The van der Waals surface area contributed by atoms with Crippen LogP contribution in [0.3, 0.4) is 0 Å². The van der Waals surface area contributed by atoms with E-state index in [4.69, 9.17) is 0 Å². The number of benzene rings is 2. The van der Waals surface area contributed by atoms with Gasteiger partial charge in [0.25, 0.3) is 0 Å². The van der Waals surface area contributed by atoms with Gasteiger partial charge < -0.3 is 5.32 Å². The van der Waals surface area contributed by atoms with E-state index in [1.165, 1.54) is 17.2 Å². The van der Waals surface area contributed by atoms with Crippen molar-refractivity contribution in [3.63, 3.8) is 0 Å². The SMILES string of the molecule is Cc1cccc([C@@H]2C[C@H]2C(=O)Nc2cc(S(C)(=O)=O)ccc2C)c1. The van der Waals surface area contributed by atoms with Crippen molar-refractivity contribution in [3.8, 4) is 0 Å². The molecule has 1 fully saturated rings. The Labute approximate surface area is 142 Å². The van der Waals surface area contributed by atoms with Crippen molar-refractivity contribution in [2.75, 3.05) is 11.6 Å². The van der Waals surface area contributed by atoms with Crippen molar-refractivity contribution in [3.05, 3.63) is 59.2 Å². The smallest absolute Gasteiger partial charge is 0.228 e. The van der Waals surface area contributed by atoms with Crippen LogP contribution in [0.25, 0.3) is 0 Å². The van der Waals surface area contributed by atoms with E-state index in [9.17, 15) is 13.2 Å². The van der Waals surface area contributed by atoms with Crippen molar-refractivity contribution in [1.29, 1.82) is 0 Å². The molecule has 24 heavy (non-hydrogen) atoms. The predicted octanol–water partition coefficient (Wildman–Crippen LogP) is 3.45. The maximum atomic E-state index is 12.5. The van der Waals surface area contributed by atoms with Gasteiger partial charge in [-0.2, -0.15) is 0 Å². The standard InChI is InChI=1S/C19H21NO3S/c1-12-5-4-6-14(9-12)16-11-17(16)19(21)20-18-10-15(24(3,22)23)8-7-13(18)2/h4-10,16-17H,11H2,1-3H3,(H,20,21)/t16-,17+/m0/s1. The molecule has 126 valence electrons. The number of sulfone groups is 1. The highest BCUT2D eigenvalue weighted by Crippen LogP contribution is 2.48. The average Bonchev–Trinajstić information content (AvgIpc) is 3.29. The molecule has 2 aromatic rings. The highest BCUT2D eigenvalue weighted by molar-refractivity contribution is 7.90. The second-order valence-electron chi connectivity index (χ2n) is 6.60. The Morgan fingerprint density at radius 1 is 1.12 bits per heavy atom. The van der Waals surface area contributed by atoms with E-state index in [0.717, 1.165) is 18.2 Å². The van der Waals surface area contributed by atoms with Gasteiger partial charge in [-0.25, -0.2) is 8.42 Å². The topological polar surface area (TPSA) is 63.2 Å². The Kier molecular flexibility index (Phi) is 4.22. The van der Waals surface area contributed by atoms with Crippen molar-refractivity contribution in [2.45, 2.75) is 31.1 Å². The van der Waals surface area contributed by atoms with Crippen molar-refractivity contribution < 1.29 is 13.2 Å². The van der Waals surface area contributed by atoms with E-state index >= 15 is 0 Å². The van der Waals surface area contributed by atoms with Gasteiger partial charge in [0.2, 0.25) is 5.91 Å². The molecule has 0 heterocycles. The number of carbonyl (C=O) groups is 1. The van der Waals surface area contributed by atoms with Crippen LogP contribution in [-0.4, -0.2) is 20.6 Å². The minimum atomic E-state index is -3.29. The quantitative estimate of drug-likeness (QED) is 0.925. The van der Waals surface area contributed by atoms with Crippen LogP contribution in [-0.2, 0) is 14.6 Å². The van der Waals surface area contributed by atoms with E-state index in [2.05, 4.69) is 17.4 Å². The first-order valence-electron chi connectivity index (χ1n) is 7.94. The fourth-order valence-electron chi connectivity index (χ4n) is 2.95. The molecule has 1 aliphatic rings.